The number of thiophene rings is 1. The minimum absolute atomic E-state index is 0.230. The first-order valence-electron chi connectivity index (χ1n) is 6.26. The maximum Gasteiger partial charge on any atom is 0.145 e. The average molecular weight is 269 g/mol. The number of nitrogens with zero attached hydrogens (tertiary/aromatic N) is 2. The van der Waals surface area contributed by atoms with Crippen molar-refractivity contribution >= 4 is 27.2 Å². The van der Waals surface area contributed by atoms with Gasteiger partial charge in [0, 0.05) is 15.8 Å². The summed E-state index contributed by atoms with van der Waals surface area (Å²) in [6.45, 7) is 4.09. The molecule has 1 unspecified atom stereocenters. The van der Waals surface area contributed by atoms with Gasteiger partial charge in [0.2, 0.25) is 0 Å². The standard InChI is InChI=1S/C15H15N3S/c1-10-8-16-9-15(17-10)18-11(2)14-7-12-5-3-4-6-13(12)19-14/h3-9,11H,1-2H3,(H,17,18). The predicted molar refractivity (Wildman–Crippen MR) is 80.6 cm³/mol. The number of hydrogen-bond acceptors (Lipinski definition) is 4. The van der Waals surface area contributed by atoms with E-state index in [0.29, 0.717) is 0 Å². The van der Waals surface area contributed by atoms with E-state index < -0.39 is 0 Å². The van der Waals surface area contributed by atoms with Crippen molar-refractivity contribution in [1.29, 1.82) is 0 Å². The van der Waals surface area contributed by atoms with Crippen LogP contribution in [0.25, 0.3) is 10.1 Å². The number of benzene rings is 1. The van der Waals surface area contributed by atoms with Crippen molar-refractivity contribution in [2.75, 3.05) is 5.32 Å². The molecular weight excluding hydrogens is 254 g/mol. The molecule has 0 radical (unpaired) electrons. The van der Waals surface area contributed by atoms with Gasteiger partial charge in [-0.15, -0.1) is 11.3 Å². The van der Waals surface area contributed by atoms with Gasteiger partial charge in [0.25, 0.3) is 0 Å². The van der Waals surface area contributed by atoms with E-state index in [2.05, 4.69) is 52.5 Å². The molecule has 19 heavy (non-hydrogen) atoms. The number of nitrogens with one attached hydrogen (secondary N) is 1. The van der Waals surface area contributed by atoms with Crippen molar-refractivity contribution < 1.29 is 0 Å². The molecular formula is C15H15N3S. The quantitative estimate of drug-likeness (QED) is 0.775. The second-order valence-corrected chi connectivity index (χ2v) is 5.71. The van der Waals surface area contributed by atoms with Gasteiger partial charge in [-0.05, 0) is 31.4 Å². The van der Waals surface area contributed by atoms with E-state index in [4.69, 9.17) is 0 Å². The number of rotatable bonds is 3. The van der Waals surface area contributed by atoms with Gasteiger partial charge in [0.15, 0.2) is 0 Å². The summed E-state index contributed by atoms with van der Waals surface area (Å²) < 4.78 is 1.32. The van der Waals surface area contributed by atoms with Crippen LogP contribution in [0.15, 0.2) is 42.7 Å². The van der Waals surface area contributed by atoms with Crippen LogP contribution in [0.5, 0.6) is 0 Å². The van der Waals surface area contributed by atoms with Gasteiger partial charge < -0.3 is 5.32 Å². The Kier molecular flexibility index (Phi) is 3.17. The number of hydrogen-bond donors (Lipinski definition) is 1. The van der Waals surface area contributed by atoms with Gasteiger partial charge in [-0.3, -0.25) is 4.98 Å². The number of fused-ring (bicyclic) bond motifs is 1. The highest BCUT2D eigenvalue weighted by molar-refractivity contribution is 7.19. The third-order valence-electron chi connectivity index (χ3n) is 2.99. The molecule has 0 aliphatic heterocycles. The van der Waals surface area contributed by atoms with Gasteiger partial charge in [-0.1, -0.05) is 18.2 Å². The van der Waals surface area contributed by atoms with Crippen molar-refractivity contribution in [2.45, 2.75) is 19.9 Å². The summed E-state index contributed by atoms with van der Waals surface area (Å²) in [5.41, 5.74) is 0.925. The van der Waals surface area contributed by atoms with Crippen LogP contribution < -0.4 is 5.32 Å². The second-order valence-electron chi connectivity index (χ2n) is 4.60. The monoisotopic (exact) mass is 269 g/mol. The molecule has 3 nitrogen and oxygen atoms in total. The SMILES string of the molecule is Cc1cncc(NC(C)c2cc3ccccc3s2)n1. The lowest BCUT2D eigenvalue weighted by Gasteiger charge is -2.12. The molecule has 1 aromatic carbocycles. The largest absolute Gasteiger partial charge is 0.361 e. The fourth-order valence-corrected chi connectivity index (χ4v) is 3.11. The number of aryl methyl sites for hydroxylation is 1. The van der Waals surface area contributed by atoms with E-state index in [0.717, 1.165) is 11.5 Å². The number of aromatic nitrogens is 2. The maximum absolute atomic E-state index is 4.42. The highest BCUT2D eigenvalue weighted by Gasteiger charge is 2.10. The lowest BCUT2D eigenvalue weighted by atomic mass is 10.2. The third kappa shape index (κ3) is 2.58. The molecule has 3 aromatic rings. The molecule has 4 heteroatoms. The van der Waals surface area contributed by atoms with Gasteiger partial charge >= 0.3 is 0 Å². The predicted octanol–water partition coefficient (Wildman–Crippen LogP) is 4.17. The maximum atomic E-state index is 4.42. The Hall–Kier alpha value is -1.94. The van der Waals surface area contributed by atoms with Gasteiger partial charge in [0.05, 0.1) is 17.9 Å². The van der Waals surface area contributed by atoms with E-state index in [1.54, 1.807) is 12.4 Å². The second kappa shape index (κ2) is 4.97. The Balaban J connectivity index is 1.85. The summed E-state index contributed by atoms with van der Waals surface area (Å²) in [6.07, 6.45) is 3.52. The lowest BCUT2D eigenvalue weighted by Crippen LogP contribution is -2.07. The third-order valence-corrected chi connectivity index (χ3v) is 4.29. The molecule has 2 aromatic heterocycles. The Morgan fingerprint density at radius 3 is 2.84 bits per heavy atom. The van der Waals surface area contributed by atoms with Crippen molar-refractivity contribution in [2.24, 2.45) is 0 Å². The molecule has 0 bridgehead atoms. The summed E-state index contributed by atoms with van der Waals surface area (Å²) in [5, 5.41) is 4.69. The summed E-state index contributed by atoms with van der Waals surface area (Å²) in [5.74, 6) is 0.824. The summed E-state index contributed by atoms with van der Waals surface area (Å²) in [7, 11) is 0. The zero-order valence-corrected chi connectivity index (χ0v) is 11.7. The minimum atomic E-state index is 0.230. The van der Waals surface area contributed by atoms with Crippen LogP contribution in [0, 0.1) is 6.92 Å². The molecule has 2 heterocycles. The van der Waals surface area contributed by atoms with Crippen LogP contribution in [0.2, 0.25) is 0 Å². The minimum Gasteiger partial charge on any atom is -0.361 e. The Bertz CT molecular complexity index is 672. The van der Waals surface area contributed by atoms with E-state index in [9.17, 15) is 0 Å². The molecule has 0 spiro atoms. The zero-order valence-electron chi connectivity index (χ0n) is 10.9. The molecule has 0 saturated carbocycles. The number of anilines is 1. The molecule has 1 N–H and O–H groups in total. The molecule has 0 amide bonds. The first-order valence-corrected chi connectivity index (χ1v) is 7.08. The molecule has 96 valence electrons. The molecule has 1 atom stereocenters. The zero-order chi connectivity index (χ0) is 13.2. The Labute approximate surface area is 116 Å². The molecule has 0 aliphatic rings. The lowest BCUT2D eigenvalue weighted by molar-refractivity contribution is 0.889. The van der Waals surface area contributed by atoms with Crippen LogP contribution >= 0.6 is 11.3 Å². The highest BCUT2D eigenvalue weighted by Crippen LogP contribution is 2.30. The summed E-state index contributed by atoms with van der Waals surface area (Å²) >= 11 is 1.82. The summed E-state index contributed by atoms with van der Waals surface area (Å²) in [4.78, 5) is 9.89. The molecule has 0 fully saturated rings. The summed E-state index contributed by atoms with van der Waals surface area (Å²) in [6, 6.07) is 10.9. The van der Waals surface area contributed by atoms with Crippen molar-refractivity contribution in [1.82, 2.24) is 9.97 Å². The van der Waals surface area contributed by atoms with Crippen molar-refractivity contribution in [3.05, 3.63) is 53.3 Å². The van der Waals surface area contributed by atoms with E-state index in [-0.39, 0.29) is 6.04 Å². The molecule has 0 saturated heterocycles. The van der Waals surface area contributed by atoms with E-state index >= 15 is 0 Å². The van der Waals surface area contributed by atoms with Crippen molar-refractivity contribution in [3.63, 3.8) is 0 Å². The molecule has 3 rings (SSSR count). The van der Waals surface area contributed by atoms with Crippen LogP contribution in [0.1, 0.15) is 23.5 Å². The Morgan fingerprint density at radius 1 is 1.21 bits per heavy atom. The van der Waals surface area contributed by atoms with Gasteiger partial charge in [0.1, 0.15) is 5.82 Å². The Morgan fingerprint density at radius 2 is 2.05 bits per heavy atom. The van der Waals surface area contributed by atoms with E-state index in [1.807, 2.05) is 18.3 Å². The van der Waals surface area contributed by atoms with Crippen LogP contribution in [-0.4, -0.2) is 9.97 Å². The fraction of sp³-hybridized carbons (Fsp3) is 0.200. The molecule has 0 aliphatic carbocycles. The smallest absolute Gasteiger partial charge is 0.145 e. The topological polar surface area (TPSA) is 37.8 Å². The first-order chi connectivity index (χ1) is 9.22. The highest BCUT2D eigenvalue weighted by atomic mass is 32.1. The van der Waals surface area contributed by atoms with E-state index in [1.165, 1.54) is 15.0 Å². The first kappa shape index (κ1) is 12.1. The van der Waals surface area contributed by atoms with Gasteiger partial charge in [-0.25, -0.2) is 4.98 Å². The fourth-order valence-electron chi connectivity index (χ4n) is 2.04. The van der Waals surface area contributed by atoms with Crippen LogP contribution in [-0.2, 0) is 0 Å². The van der Waals surface area contributed by atoms with Gasteiger partial charge in [-0.2, -0.15) is 0 Å². The normalized spacial score (nSPS) is 12.5. The van der Waals surface area contributed by atoms with Crippen molar-refractivity contribution in [3.8, 4) is 0 Å². The van der Waals surface area contributed by atoms with Crippen LogP contribution in [0.4, 0.5) is 5.82 Å². The van der Waals surface area contributed by atoms with Crippen LogP contribution in [0.3, 0.4) is 0 Å². The average Bonchev–Trinajstić information content (AvgIpc) is 2.82.